The van der Waals surface area contributed by atoms with Gasteiger partial charge in [0.2, 0.25) is 5.91 Å². The summed E-state index contributed by atoms with van der Waals surface area (Å²) in [7, 11) is 1.57. The minimum atomic E-state index is -0.791. The average Bonchev–Trinajstić information content (AvgIpc) is 2.81. The molecule has 0 bridgehead atoms. The molecular formula is C27H31NO6. The fourth-order valence-corrected chi connectivity index (χ4v) is 4.46. The first kappa shape index (κ1) is 23.8. The van der Waals surface area contributed by atoms with Crippen LogP contribution in [0.25, 0.3) is 11.0 Å². The van der Waals surface area contributed by atoms with E-state index >= 15 is 0 Å². The molecule has 1 atom stereocenters. The van der Waals surface area contributed by atoms with Crippen LogP contribution in [-0.2, 0) is 17.6 Å². The Hall–Kier alpha value is -3.32. The molecule has 7 heteroatoms. The fourth-order valence-electron chi connectivity index (χ4n) is 4.46. The van der Waals surface area contributed by atoms with Crippen molar-refractivity contribution in [3.05, 3.63) is 69.1 Å². The van der Waals surface area contributed by atoms with Gasteiger partial charge >= 0.3 is 5.63 Å². The predicted octanol–water partition coefficient (Wildman–Crippen LogP) is 4.00. The van der Waals surface area contributed by atoms with E-state index < -0.39 is 11.7 Å². The third-order valence-corrected chi connectivity index (χ3v) is 6.44. The van der Waals surface area contributed by atoms with Gasteiger partial charge in [-0.15, -0.1) is 0 Å². The van der Waals surface area contributed by atoms with Crippen LogP contribution in [0.4, 0.5) is 0 Å². The summed E-state index contributed by atoms with van der Waals surface area (Å²) in [6.45, 7) is 6.01. The summed E-state index contributed by atoms with van der Waals surface area (Å²) in [5.41, 5.74) is 2.53. The lowest BCUT2D eigenvalue weighted by Gasteiger charge is -2.33. The summed E-state index contributed by atoms with van der Waals surface area (Å²) in [4.78, 5) is 25.3. The lowest BCUT2D eigenvalue weighted by molar-refractivity contribution is -0.121. The monoisotopic (exact) mass is 465 g/mol. The number of nitrogens with one attached hydrogen (secondary N) is 1. The average molecular weight is 466 g/mol. The molecule has 1 aliphatic heterocycles. The van der Waals surface area contributed by atoms with E-state index in [2.05, 4.69) is 5.32 Å². The molecule has 3 aromatic rings. The van der Waals surface area contributed by atoms with Crippen molar-refractivity contribution < 1.29 is 23.8 Å². The van der Waals surface area contributed by atoms with E-state index in [1.807, 2.05) is 45.0 Å². The summed E-state index contributed by atoms with van der Waals surface area (Å²) in [6, 6.07) is 11.0. The van der Waals surface area contributed by atoms with E-state index in [4.69, 9.17) is 13.9 Å². The summed E-state index contributed by atoms with van der Waals surface area (Å²) < 4.78 is 17.5. The zero-order valence-electron chi connectivity index (χ0n) is 20.1. The van der Waals surface area contributed by atoms with Crippen molar-refractivity contribution in [3.63, 3.8) is 0 Å². The second-order valence-electron chi connectivity index (χ2n) is 9.35. The molecule has 0 aliphatic carbocycles. The number of carbonyl (C=O) groups excluding carboxylic acids is 1. The Kier molecular flexibility index (Phi) is 6.66. The highest BCUT2D eigenvalue weighted by Gasteiger charge is 2.31. The first-order valence-corrected chi connectivity index (χ1v) is 11.5. The van der Waals surface area contributed by atoms with Crippen molar-refractivity contribution in [1.29, 1.82) is 0 Å². The van der Waals surface area contributed by atoms with E-state index in [1.165, 1.54) is 0 Å². The van der Waals surface area contributed by atoms with Crippen molar-refractivity contribution in [2.24, 2.45) is 0 Å². The molecule has 0 saturated carbocycles. The second-order valence-corrected chi connectivity index (χ2v) is 9.35. The van der Waals surface area contributed by atoms with E-state index in [0.29, 0.717) is 22.6 Å². The molecule has 0 fully saturated rings. The van der Waals surface area contributed by atoms with Gasteiger partial charge < -0.3 is 24.3 Å². The van der Waals surface area contributed by atoms with Crippen LogP contribution >= 0.6 is 0 Å². The van der Waals surface area contributed by atoms with E-state index in [1.54, 1.807) is 19.2 Å². The zero-order valence-corrected chi connectivity index (χ0v) is 20.1. The molecule has 7 nitrogen and oxygen atoms in total. The van der Waals surface area contributed by atoms with Crippen LogP contribution in [0.3, 0.4) is 0 Å². The molecule has 2 aromatic carbocycles. The maximum absolute atomic E-state index is 12.9. The second kappa shape index (κ2) is 9.50. The van der Waals surface area contributed by atoms with Crippen LogP contribution < -0.4 is 20.4 Å². The number of aliphatic hydroxyl groups is 1. The van der Waals surface area contributed by atoms with E-state index in [-0.39, 0.29) is 30.9 Å². The first-order valence-electron chi connectivity index (χ1n) is 11.5. The van der Waals surface area contributed by atoms with Gasteiger partial charge in [-0.05, 0) is 51.2 Å². The third kappa shape index (κ3) is 4.80. The van der Waals surface area contributed by atoms with Crippen LogP contribution in [0.15, 0.2) is 45.6 Å². The van der Waals surface area contributed by atoms with Crippen LogP contribution in [-0.4, -0.2) is 30.3 Å². The lowest BCUT2D eigenvalue weighted by Crippen LogP contribution is -2.32. The van der Waals surface area contributed by atoms with Gasteiger partial charge in [0.05, 0.1) is 18.6 Å². The summed E-state index contributed by atoms with van der Waals surface area (Å²) in [6.07, 6.45) is 1.07. The molecule has 2 heterocycles. The Bertz CT molecular complexity index is 1260. The smallest absolute Gasteiger partial charge is 0.339 e. The highest BCUT2D eigenvalue weighted by atomic mass is 16.5. The molecule has 0 spiro atoms. The van der Waals surface area contributed by atoms with Crippen LogP contribution in [0.1, 0.15) is 55.0 Å². The summed E-state index contributed by atoms with van der Waals surface area (Å²) >= 11 is 0. The number of aliphatic hydroxyl groups excluding tert-OH is 1. The molecule has 180 valence electrons. The van der Waals surface area contributed by atoms with Crippen LogP contribution in [0.5, 0.6) is 11.5 Å². The molecule has 1 unspecified atom stereocenters. The molecular weight excluding hydrogens is 434 g/mol. The number of rotatable bonds is 7. The van der Waals surface area contributed by atoms with Crippen molar-refractivity contribution in [2.75, 3.05) is 13.7 Å². The molecule has 34 heavy (non-hydrogen) atoms. The Morgan fingerprint density at radius 1 is 1.26 bits per heavy atom. The Morgan fingerprint density at radius 2 is 2.00 bits per heavy atom. The Morgan fingerprint density at radius 3 is 2.71 bits per heavy atom. The number of amides is 1. The minimum absolute atomic E-state index is 0.100. The third-order valence-electron chi connectivity index (χ3n) is 6.44. The summed E-state index contributed by atoms with van der Waals surface area (Å²) in [5, 5.41) is 13.7. The molecule has 1 aromatic heterocycles. The van der Waals surface area contributed by atoms with Crippen molar-refractivity contribution in [2.45, 2.75) is 58.2 Å². The van der Waals surface area contributed by atoms with Crippen LogP contribution in [0, 0.1) is 6.92 Å². The molecule has 1 aliphatic rings. The number of carbonyl (C=O) groups is 1. The van der Waals surface area contributed by atoms with Crippen molar-refractivity contribution >= 4 is 16.9 Å². The fraction of sp³-hybridized carbons (Fsp3) is 0.407. The molecule has 2 N–H and O–H groups in total. The topological polar surface area (TPSA) is 98.0 Å². The van der Waals surface area contributed by atoms with Gasteiger partial charge in [0.25, 0.3) is 0 Å². The van der Waals surface area contributed by atoms with Crippen LogP contribution in [0.2, 0.25) is 0 Å². The van der Waals surface area contributed by atoms with Gasteiger partial charge in [0.1, 0.15) is 22.7 Å². The summed E-state index contributed by atoms with van der Waals surface area (Å²) in [5.74, 6) is 0.999. The molecule has 1 amide bonds. The van der Waals surface area contributed by atoms with Gasteiger partial charge in [-0.3, -0.25) is 4.79 Å². The standard InChI is InChI=1S/C27H31NO6/c1-16-18(10-11-23(30)28-15-20(29)17-8-6-5-7-9-17)26(31)33-25-19-12-13-27(2,3)34-21(19)14-22(32-4)24(16)25/h5-9,14,20,29H,10-13,15H2,1-4H3,(H,28,30). The molecule has 0 radical (unpaired) electrons. The number of hydrogen-bond acceptors (Lipinski definition) is 6. The normalized spacial score (nSPS) is 15.3. The Balaban J connectivity index is 1.54. The molecule has 4 rings (SSSR count). The van der Waals surface area contributed by atoms with E-state index in [9.17, 15) is 14.7 Å². The van der Waals surface area contributed by atoms with E-state index in [0.717, 1.165) is 34.9 Å². The Labute approximate surface area is 198 Å². The van der Waals surface area contributed by atoms with Gasteiger partial charge in [-0.2, -0.15) is 0 Å². The first-order chi connectivity index (χ1) is 16.2. The highest BCUT2D eigenvalue weighted by Crippen LogP contribution is 2.43. The largest absolute Gasteiger partial charge is 0.496 e. The van der Waals surface area contributed by atoms with Gasteiger partial charge in [0, 0.05) is 30.2 Å². The predicted molar refractivity (Wildman–Crippen MR) is 130 cm³/mol. The maximum atomic E-state index is 12.9. The number of fused-ring (bicyclic) bond motifs is 3. The SMILES string of the molecule is COc1cc2c(c3oc(=O)c(CCC(=O)NCC(O)c4ccccc4)c(C)c13)CCC(C)(C)O2. The minimum Gasteiger partial charge on any atom is -0.496 e. The highest BCUT2D eigenvalue weighted by molar-refractivity contribution is 5.92. The van der Waals surface area contributed by atoms with Crippen molar-refractivity contribution in [1.82, 2.24) is 5.32 Å². The number of ether oxygens (including phenoxy) is 2. The van der Waals surface area contributed by atoms with Gasteiger partial charge in [0.15, 0.2) is 0 Å². The number of methoxy groups -OCH3 is 1. The molecule has 0 saturated heterocycles. The quantitative estimate of drug-likeness (QED) is 0.512. The lowest BCUT2D eigenvalue weighted by atomic mass is 9.91. The maximum Gasteiger partial charge on any atom is 0.339 e. The van der Waals surface area contributed by atoms with Gasteiger partial charge in [-0.25, -0.2) is 4.79 Å². The number of benzene rings is 2. The zero-order chi connectivity index (χ0) is 24.5. The number of hydrogen-bond donors (Lipinski definition) is 2. The van der Waals surface area contributed by atoms with Gasteiger partial charge in [-0.1, -0.05) is 30.3 Å². The van der Waals surface area contributed by atoms with Crippen molar-refractivity contribution in [3.8, 4) is 11.5 Å². The number of aryl methyl sites for hydroxylation is 2.